The lowest BCUT2D eigenvalue weighted by molar-refractivity contribution is -0.170. The van der Waals surface area contributed by atoms with E-state index in [0.29, 0.717) is 6.07 Å². The van der Waals surface area contributed by atoms with Crippen molar-refractivity contribution in [2.24, 2.45) is 0 Å². The summed E-state index contributed by atoms with van der Waals surface area (Å²) >= 11 is 0. The maximum absolute atomic E-state index is 13.4. The average molecular weight is 306 g/mol. The Morgan fingerprint density at radius 1 is 1.24 bits per heavy atom. The Kier molecular flexibility index (Phi) is 4.01. The summed E-state index contributed by atoms with van der Waals surface area (Å²) in [5.41, 5.74) is 0.0471. The molecular formula is C12H7F5N2O2. The van der Waals surface area contributed by atoms with Crippen LogP contribution in [-0.4, -0.2) is 22.1 Å². The fourth-order valence-electron chi connectivity index (χ4n) is 1.51. The highest BCUT2D eigenvalue weighted by Crippen LogP contribution is 2.19. The summed E-state index contributed by atoms with van der Waals surface area (Å²) in [6.07, 6.45) is -6.27. The Hall–Kier alpha value is -2.32. The number of carbonyl (C=O) groups excluding carboxylic acids is 1. The molecule has 0 saturated heterocycles. The third kappa shape index (κ3) is 3.83. The van der Waals surface area contributed by atoms with Gasteiger partial charge in [0, 0.05) is 12.5 Å². The number of rotatable bonds is 4. The largest absolute Gasteiger partial charge is 0.450 e. The van der Waals surface area contributed by atoms with Crippen LogP contribution in [0.3, 0.4) is 0 Å². The first-order chi connectivity index (χ1) is 9.75. The van der Waals surface area contributed by atoms with Crippen LogP contribution in [0.15, 0.2) is 22.7 Å². The second-order valence-electron chi connectivity index (χ2n) is 4.11. The lowest BCUT2D eigenvalue weighted by Crippen LogP contribution is -2.24. The van der Waals surface area contributed by atoms with E-state index in [1.807, 2.05) is 0 Å². The molecule has 0 atom stereocenters. The first kappa shape index (κ1) is 15.1. The molecule has 1 aromatic carbocycles. The van der Waals surface area contributed by atoms with Crippen molar-refractivity contribution in [1.29, 1.82) is 0 Å². The van der Waals surface area contributed by atoms with Gasteiger partial charge in [-0.2, -0.15) is 18.2 Å². The van der Waals surface area contributed by atoms with E-state index in [0.717, 1.165) is 12.1 Å². The lowest BCUT2D eigenvalue weighted by Gasteiger charge is -2.01. The van der Waals surface area contributed by atoms with Gasteiger partial charge in [0.05, 0.1) is 6.42 Å². The molecule has 0 aliphatic heterocycles. The topological polar surface area (TPSA) is 56.0 Å². The Morgan fingerprint density at radius 2 is 1.95 bits per heavy atom. The standard InChI is InChI=1S/C12H7F5N2O2/c13-7-2-1-6(8(14)4-7)3-10-18-11(21-19-10)5-9(20)12(15,16)17/h1-2,4H,3,5H2. The highest BCUT2D eigenvalue weighted by molar-refractivity contribution is 5.85. The number of alkyl halides is 3. The quantitative estimate of drug-likeness (QED) is 0.815. The first-order valence-electron chi connectivity index (χ1n) is 5.61. The molecule has 9 heteroatoms. The van der Waals surface area contributed by atoms with E-state index in [2.05, 4.69) is 14.7 Å². The van der Waals surface area contributed by atoms with Crippen LogP contribution in [0, 0.1) is 11.6 Å². The van der Waals surface area contributed by atoms with Crippen molar-refractivity contribution < 1.29 is 31.3 Å². The predicted molar refractivity (Wildman–Crippen MR) is 58.2 cm³/mol. The number of nitrogens with zero attached hydrogens (tertiary/aromatic N) is 2. The van der Waals surface area contributed by atoms with Crippen LogP contribution in [0.2, 0.25) is 0 Å². The maximum atomic E-state index is 13.4. The molecule has 21 heavy (non-hydrogen) atoms. The third-order valence-electron chi connectivity index (χ3n) is 2.50. The van der Waals surface area contributed by atoms with Gasteiger partial charge in [0.25, 0.3) is 0 Å². The Labute approximate surface area is 114 Å². The maximum Gasteiger partial charge on any atom is 0.450 e. The number of carbonyl (C=O) groups is 1. The number of aromatic nitrogens is 2. The molecule has 1 aromatic heterocycles. The minimum absolute atomic E-state index is 0.0471. The van der Waals surface area contributed by atoms with Crippen LogP contribution in [-0.2, 0) is 17.6 Å². The minimum atomic E-state index is -4.99. The van der Waals surface area contributed by atoms with Crippen molar-refractivity contribution in [3.63, 3.8) is 0 Å². The SMILES string of the molecule is O=C(Cc1nc(Cc2ccc(F)cc2F)no1)C(F)(F)F. The summed E-state index contributed by atoms with van der Waals surface area (Å²) < 4.78 is 66.7. The van der Waals surface area contributed by atoms with E-state index in [4.69, 9.17) is 0 Å². The van der Waals surface area contributed by atoms with Crippen LogP contribution >= 0.6 is 0 Å². The van der Waals surface area contributed by atoms with Crippen molar-refractivity contribution in [3.05, 3.63) is 47.1 Å². The Bertz CT molecular complexity index is 666. The summed E-state index contributed by atoms with van der Waals surface area (Å²) in [7, 11) is 0. The number of Topliss-reactive ketones (excluding diaryl/α,β-unsaturated/α-hetero) is 1. The van der Waals surface area contributed by atoms with E-state index >= 15 is 0 Å². The van der Waals surface area contributed by atoms with Crippen LogP contribution in [0.25, 0.3) is 0 Å². The molecule has 2 rings (SSSR count). The Morgan fingerprint density at radius 3 is 2.57 bits per heavy atom. The molecule has 0 aliphatic rings. The van der Waals surface area contributed by atoms with E-state index in [1.54, 1.807) is 0 Å². The minimum Gasteiger partial charge on any atom is -0.339 e. The van der Waals surface area contributed by atoms with Gasteiger partial charge in [0.2, 0.25) is 11.7 Å². The van der Waals surface area contributed by atoms with E-state index in [9.17, 15) is 26.7 Å². The zero-order chi connectivity index (χ0) is 15.6. The highest BCUT2D eigenvalue weighted by atomic mass is 19.4. The Balaban J connectivity index is 2.08. The van der Waals surface area contributed by atoms with Crippen LogP contribution in [0.4, 0.5) is 22.0 Å². The molecule has 0 amide bonds. The first-order valence-corrected chi connectivity index (χ1v) is 5.61. The summed E-state index contributed by atoms with van der Waals surface area (Å²) in [4.78, 5) is 14.3. The van der Waals surface area contributed by atoms with Gasteiger partial charge in [-0.15, -0.1) is 0 Å². The highest BCUT2D eigenvalue weighted by Gasteiger charge is 2.39. The van der Waals surface area contributed by atoms with E-state index in [-0.39, 0.29) is 17.8 Å². The van der Waals surface area contributed by atoms with E-state index < -0.39 is 35.9 Å². The van der Waals surface area contributed by atoms with Gasteiger partial charge >= 0.3 is 6.18 Å². The monoisotopic (exact) mass is 306 g/mol. The second kappa shape index (κ2) is 5.58. The van der Waals surface area contributed by atoms with Gasteiger partial charge in [-0.3, -0.25) is 4.79 Å². The number of hydrogen-bond donors (Lipinski definition) is 0. The second-order valence-corrected chi connectivity index (χ2v) is 4.11. The van der Waals surface area contributed by atoms with Gasteiger partial charge in [-0.25, -0.2) is 8.78 Å². The van der Waals surface area contributed by atoms with Gasteiger partial charge in [-0.1, -0.05) is 11.2 Å². The van der Waals surface area contributed by atoms with Crippen molar-refractivity contribution in [2.75, 3.05) is 0 Å². The summed E-state index contributed by atoms with van der Waals surface area (Å²) in [6, 6.07) is 2.83. The van der Waals surface area contributed by atoms with Gasteiger partial charge in [-0.05, 0) is 11.6 Å². The molecular weight excluding hydrogens is 299 g/mol. The molecule has 4 nitrogen and oxygen atoms in total. The molecule has 0 bridgehead atoms. The number of benzene rings is 1. The van der Waals surface area contributed by atoms with Gasteiger partial charge in [0.15, 0.2) is 5.82 Å². The molecule has 2 aromatic rings. The zero-order valence-corrected chi connectivity index (χ0v) is 10.2. The molecule has 0 aliphatic carbocycles. The number of halogens is 5. The fraction of sp³-hybridized carbons (Fsp3) is 0.250. The molecule has 1 heterocycles. The number of hydrogen-bond acceptors (Lipinski definition) is 4. The third-order valence-corrected chi connectivity index (χ3v) is 2.50. The molecule has 0 radical (unpaired) electrons. The van der Waals surface area contributed by atoms with Crippen LogP contribution in [0.1, 0.15) is 17.3 Å². The van der Waals surface area contributed by atoms with Crippen LogP contribution < -0.4 is 0 Å². The van der Waals surface area contributed by atoms with Crippen molar-refractivity contribution >= 4 is 5.78 Å². The number of ketones is 1. The molecule has 0 spiro atoms. The predicted octanol–water partition coefficient (Wildman–Crippen LogP) is 2.61. The summed E-state index contributed by atoms with van der Waals surface area (Å²) in [6.45, 7) is 0. The normalized spacial score (nSPS) is 11.7. The molecule has 0 unspecified atom stereocenters. The van der Waals surface area contributed by atoms with Crippen molar-refractivity contribution in [2.45, 2.75) is 19.0 Å². The van der Waals surface area contributed by atoms with Gasteiger partial charge < -0.3 is 4.52 Å². The molecule has 0 N–H and O–H groups in total. The average Bonchev–Trinajstić information content (AvgIpc) is 2.79. The van der Waals surface area contributed by atoms with Crippen molar-refractivity contribution in [1.82, 2.24) is 10.1 Å². The van der Waals surface area contributed by atoms with Crippen LogP contribution in [0.5, 0.6) is 0 Å². The zero-order valence-electron chi connectivity index (χ0n) is 10.2. The fourth-order valence-corrected chi connectivity index (χ4v) is 1.51. The summed E-state index contributed by atoms with van der Waals surface area (Å²) in [5, 5.41) is 3.34. The lowest BCUT2D eigenvalue weighted by atomic mass is 10.1. The van der Waals surface area contributed by atoms with Gasteiger partial charge in [0.1, 0.15) is 11.6 Å². The van der Waals surface area contributed by atoms with Crippen molar-refractivity contribution in [3.8, 4) is 0 Å². The van der Waals surface area contributed by atoms with E-state index in [1.165, 1.54) is 0 Å². The smallest absolute Gasteiger partial charge is 0.339 e. The summed E-state index contributed by atoms with van der Waals surface area (Å²) in [5.74, 6) is -4.25. The molecule has 112 valence electrons. The molecule has 0 saturated carbocycles. The molecule has 0 fully saturated rings.